The molecule has 0 saturated carbocycles. The Bertz CT molecular complexity index is 471. The minimum atomic E-state index is -0.215. The van der Waals surface area contributed by atoms with Crippen LogP contribution >= 0.6 is 15.9 Å². The van der Waals surface area contributed by atoms with Gasteiger partial charge < -0.3 is 0 Å². The van der Waals surface area contributed by atoms with E-state index in [1.54, 1.807) is 0 Å². The number of carbonyl (C=O) groups is 1. The number of nitrogens with zero attached hydrogens (tertiary/aromatic N) is 2. The van der Waals surface area contributed by atoms with Crippen molar-refractivity contribution >= 4 is 27.8 Å². The van der Waals surface area contributed by atoms with E-state index in [4.69, 9.17) is 0 Å². The van der Waals surface area contributed by atoms with Crippen LogP contribution in [0.2, 0.25) is 0 Å². The maximum Gasteiger partial charge on any atom is 0.252 e. The van der Waals surface area contributed by atoms with Gasteiger partial charge in [-0.2, -0.15) is 0 Å². The van der Waals surface area contributed by atoms with Crippen molar-refractivity contribution in [3.05, 3.63) is 22.1 Å². The van der Waals surface area contributed by atoms with E-state index in [-0.39, 0.29) is 16.3 Å². The summed E-state index contributed by atoms with van der Waals surface area (Å²) in [6, 6.07) is 1.45. The Morgan fingerprint density at radius 1 is 1.62 bits per heavy atom. The molecule has 1 aliphatic heterocycles. The zero-order chi connectivity index (χ0) is 11.7. The summed E-state index contributed by atoms with van der Waals surface area (Å²) in [7, 11) is 0. The van der Waals surface area contributed by atoms with Gasteiger partial charge >= 0.3 is 0 Å². The Labute approximate surface area is 101 Å². The molecule has 16 heavy (non-hydrogen) atoms. The molecule has 0 radical (unpaired) electrons. The lowest BCUT2D eigenvalue weighted by Crippen LogP contribution is -2.29. The van der Waals surface area contributed by atoms with Crippen LogP contribution in [0.1, 0.15) is 19.0 Å². The monoisotopic (exact) mass is 285 g/mol. The highest BCUT2D eigenvalue weighted by atomic mass is 79.9. The minimum Gasteiger partial charge on any atom is -0.292 e. The van der Waals surface area contributed by atoms with E-state index in [0.717, 1.165) is 0 Å². The van der Waals surface area contributed by atoms with Gasteiger partial charge in [-0.15, -0.1) is 0 Å². The zero-order valence-electron chi connectivity index (χ0n) is 8.86. The van der Waals surface area contributed by atoms with E-state index in [2.05, 4.69) is 25.9 Å². The number of H-pyrrole nitrogens is 1. The molecule has 1 atom stereocenters. The van der Waals surface area contributed by atoms with Gasteiger partial charge in [0.15, 0.2) is 0 Å². The molecule has 1 aromatic heterocycles. The number of anilines is 1. The highest BCUT2D eigenvalue weighted by Crippen LogP contribution is 2.21. The van der Waals surface area contributed by atoms with Crippen molar-refractivity contribution in [3.63, 3.8) is 0 Å². The number of aryl methyl sites for hydroxylation is 1. The van der Waals surface area contributed by atoms with E-state index < -0.39 is 0 Å². The molecule has 1 saturated heterocycles. The van der Waals surface area contributed by atoms with Crippen molar-refractivity contribution in [1.82, 2.24) is 9.97 Å². The summed E-state index contributed by atoms with van der Waals surface area (Å²) in [5, 5.41) is 0. The fourth-order valence-corrected chi connectivity index (χ4v) is 2.24. The Hall–Kier alpha value is -1.17. The first-order chi connectivity index (χ1) is 7.60. The van der Waals surface area contributed by atoms with Crippen LogP contribution in [-0.2, 0) is 11.2 Å². The first-order valence-corrected chi connectivity index (χ1v) is 6.06. The molecule has 6 heteroatoms. The second kappa shape index (κ2) is 4.37. The Morgan fingerprint density at radius 3 is 2.94 bits per heavy atom. The van der Waals surface area contributed by atoms with Crippen molar-refractivity contribution in [3.8, 4) is 0 Å². The molecule has 0 aliphatic carbocycles. The fraction of sp³-hybridized carbons (Fsp3) is 0.500. The van der Waals surface area contributed by atoms with Gasteiger partial charge in [-0.05, 0) is 6.42 Å². The van der Waals surface area contributed by atoms with Crippen molar-refractivity contribution in [2.75, 3.05) is 11.4 Å². The third kappa shape index (κ3) is 2.16. The predicted octanol–water partition coefficient (Wildman–Crippen LogP) is 0.833. The van der Waals surface area contributed by atoms with Crippen molar-refractivity contribution < 1.29 is 4.79 Å². The molecule has 1 aromatic rings. The van der Waals surface area contributed by atoms with E-state index in [1.165, 1.54) is 11.0 Å². The molecule has 2 rings (SSSR count). The number of nitrogens with one attached hydrogen (secondary N) is 1. The SMILES string of the molecule is CCc1cc(=O)[nH]c(N2CC(Br)CC2=O)n1. The third-order valence-corrected chi connectivity index (χ3v) is 3.09. The quantitative estimate of drug-likeness (QED) is 0.819. The first-order valence-electron chi connectivity index (χ1n) is 5.15. The zero-order valence-corrected chi connectivity index (χ0v) is 10.5. The molecular formula is C10H12BrN3O2. The van der Waals surface area contributed by atoms with Crippen molar-refractivity contribution in [2.24, 2.45) is 0 Å². The molecule has 1 N–H and O–H groups in total. The minimum absolute atomic E-state index is 0.0155. The molecule has 0 bridgehead atoms. The van der Waals surface area contributed by atoms with E-state index in [9.17, 15) is 9.59 Å². The lowest BCUT2D eigenvalue weighted by molar-refractivity contribution is -0.117. The lowest BCUT2D eigenvalue weighted by atomic mass is 10.3. The predicted molar refractivity (Wildman–Crippen MR) is 63.9 cm³/mol. The van der Waals surface area contributed by atoms with Crippen LogP contribution in [0.3, 0.4) is 0 Å². The molecule has 1 amide bonds. The van der Waals surface area contributed by atoms with Gasteiger partial charge in [0.05, 0.1) is 0 Å². The van der Waals surface area contributed by atoms with E-state index in [0.29, 0.717) is 31.0 Å². The smallest absolute Gasteiger partial charge is 0.252 e. The van der Waals surface area contributed by atoms with Crippen LogP contribution in [-0.4, -0.2) is 27.2 Å². The molecule has 1 fully saturated rings. The van der Waals surface area contributed by atoms with Crippen LogP contribution in [0, 0.1) is 0 Å². The molecule has 1 aliphatic rings. The molecular weight excluding hydrogens is 274 g/mol. The number of aromatic amines is 1. The highest BCUT2D eigenvalue weighted by Gasteiger charge is 2.30. The van der Waals surface area contributed by atoms with Gasteiger partial charge in [0, 0.05) is 29.6 Å². The fourth-order valence-electron chi connectivity index (χ4n) is 1.67. The molecule has 0 aromatic carbocycles. The van der Waals surface area contributed by atoms with Gasteiger partial charge in [0.25, 0.3) is 5.56 Å². The molecule has 0 spiro atoms. The second-order valence-electron chi connectivity index (χ2n) is 3.72. The van der Waals surface area contributed by atoms with Crippen LogP contribution in [0.25, 0.3) is 0 Å². The number of hydrogen-bond acceptors (Lipinski definition) is 3. The van der Waals surface area contributed by atoms with Crippen molar-refractivity contribution in [2.45, 2.75) is 24.6 Å². The summed E-state index contributed by atoms with van der Waals surface area (Å²) in [4.78, 5) is 31.5. The summed E-state index contributed by atoms with van der Waals surface area (Å²) < 4.78 is 0. The third-order valence-electron chi connectivity index (χ3n) is 2.48. The maximum atomic E-state index is 11.6. The Balaban J connectivity index is 2.37. The summed E-state index contributed by atoms with van der Waals surface area (Å²) in [6.07, 6.45) is 1.12. The van der Waals surface area contributed by atoms with Gasteiger partial charge in [0.1, 0.15) is 0 Å². The van der Waals surface area contributed by atoms with Crippen LogP contribution in [0.4, 0.5) is 5.95 Å². The van der Waals surface area contributed by atoms with Crippen LogP contribution in [0.5, 0.6) is 0 Å². The largest absolute Gasteiger partial charge is 0.292 e. The Morgan fingerprint density at radius 2 is 2.38 bits per heavy atom. The number of halogens is 1. The summed E-state index contributed by atoms with van der Waals surface area (Å²) in [5.41, 5.74) is 0.484. The maximum absolute atomic E-state index is 11.6. The summed E-state index contributed by atoms with van der Waals surface area (Å²) >= 11 is 3.39. The number of alkyl halides is 1. The molecule has 86 valence electrons. The standard InChI is InChI=1S/C10H12BrN3O2/c1-2-7-4-8(15)13-10(12-7)14-5-6(11)3-9(14)16/h4,6H,2-3,5H2,1H3,(H,12,13,15). The summed E-state index contributed by atoms with van der Waals surface area (Å²) in [6.45, 7) is 2.47. The first kappa shape index (κ1) is 11.3. The average Bonchev–Trinajstić information content (AvgIpc) is 2.57. The molecule has 1 unspecified atom stereocenters. The number of aromatic nitrogens is 2. The number of hydrogen-bond donors (Lipinski definition) is 1. The summed E-state index contributed by atoms with van der Waals surface area (Å²) in [5.74, 6) is 0.342. The lowest BCUT2D eigenvalue weighted by Gasteiger charge is -2.14. The van der Waals surface area contributed by atoms with Gasteiger partial charge in [-0.1, -0.05) is 22.9 Å². The van der Waals surface area contributed by atoms with Gasteiger partial charge in [-0.25, -0.2) is 4.98 Å². The molecule has 5 nitrogen and oxygen atoms in total. The Kier molecular flexibility index (Phi) is 3.09. The average molecular weight is 286 g/mol. The number of carbonyl (C=O) groups excluding carboxylic acids is 1. The number of amides is 1. The second-order valence-corrected chi connectivity index (χ2v) is 5.01. The van der Waals surface area contributed by atoms with Gasteiger partial charge in [-0.3, -0.25) is 19.5 Å². The van der Waals surface area contributed by atoms with E-state index in [1.807, 2.05) is 6.92 Å². The van der Waals surface area contributed by atoms with Crippen molar-refractivity contribution in [1.29, 1.82) is 0 Å². The molecule has 2 heterocycles. The van der Waals surface area contributed by atoms with Gasteiger partial charge in [0.2, 0.25) is 11.9 Å². The normalized spacial score (nSPS) is 20.5. The number of rotatable bonds is 2. The highest BCUT2D eigenvalue weighted by molar-refractivity contribution is 9.09. The topological polar surface area (TPSA) is 66.1 Å². The van der Waals surface area contributed by atoms with E-state index >= 15 is 0 Å². The van der Waals surface area contributed by atoms with Crippen LogP contribution < -0.4 is 10.5 Å². The van der Waals surface area contributed by atoms with Crippen LogP contribution in [0.15, 0.2) is 10.9 Å².